The van der Waals surface area contributed by atoms with Gasteiger partial charge in [-0.2, -0.15) is 0 Å². The molecular weight excluding hydrogens is 603 g/mol. The maximum Gasteiger partial charge on any atom is 0.261 e. The summed E-state index contributed by atoms with van der Waals surface area (Å²) in [6.07, 6.45) is 2.37. The number of hydrogen-bond acceptors (Lipinski definition) is 6. The van der Waals surface area contributed by atoms with E-state index in [2.05, 4.69) is 69.3 Å². The number of aliphatic hydroxyl groups excluding tert-OH is 1. The molecule has 1 saturated heterocycles. The molecule has 6 nitrogen and oxygen atoms in total. The molecule has 0 unspecified atom stereocenters. The molecule has 0 spiro atoms. The molecule has 0 radical (unpaired) electrons. The van der Waals surface area contributed by atoms with Crippen LogP contribution in [0.1, 0.15) is 38.8 Å². The van der Waals surface area contributed by atoms with Crippen molar-refractivity contribution in [2.24, 2.45) is 0 Å². The molecule has 4 aromatic carbocycles. The molecule has 7 heteroatoms. The van der Waals surface area contributed by atoms with Gasteiger partial charge in [0.25, 0.3) is 8.32 Å². The van der Waals surface area contributed by atoms with Gasteiger partial charge in [-0.1, -0.05) is 142 Å². The zero-order valence-electron chi connectivity index (χ0n) is 27.9. The van der Waals surface area contributed by atoms with Crippen LogP contribution in [0.25, 0.3) is 0 Å². The highest BCUT2D eigenvalue weighted by Gasteiger charge is 2.54. The minimum absolute atomic E-state index is 0.0799. The van der Waals surface area contributed by atoms with Gasteiger partial charge in [0.15, 0.2) is 5.78 Å². The summed E-state index contributed by atoms with van der Waals surface area (Å²) < 4.78 is 20.8. The fraction of sp³-hybridized carbons (Fsp3) is 0.325. The first-order valence-corrected chi connectivity index (χ1v) is 18.3. The molecular formula is C40H47NO5Si. The van der Waals surface area contributed by atoms with E-state index in [0.717, 1.165) is 11.1 Å². The average molecular weight is 650 g/mol. The van der Waals surface area contributed by atoms with E-state index in [9.17, 15) is 9.90 Å². The highest BCUT2D eigenvalue weighted by Crippen LogP contribution is 2.39. The number of nitrogens with zero attached hydrogens (tertiary/aromatic N) is 1. The molecule has 1 aliphatic rings. The van der Waals surface area contributed by atoms with E-state index in [1.165, 1.54) is 17.3 Å². The standard InChI is InChI=1S/C40H47NO5Si/c1-31(43)25-26-41-36(27-42)38(44-28-32-17-9-5-10-18-32)39(45-29-33-19-11-6-12-20-33)37(41)30-46-47(40(2,3)4,34-21-13-7-14-22-34)35-23-15-8-16-24-35/h5-26,36-39,42H,27-30H2,1-4H3/b26-25+/t36-,37-,38-,39-/m1/s1. The number of likely N-dealkylation sites (tertiary alicyclic amines) is 1. The molecule has 0 bridgehead atoms. The predicted octanol–water partition coefficient (Wildman–Crippen LogP) is 5.88. The summed E-state index contributed by atoms with van der Waals surface area (Å²) in [4.78, 5) is 14.3. The second-order valence-corrected chi connectivity index (χ2v) is 17.5. The molecule has 1 aliphatic heterocycles. The Morgan fingerprint density at radius 2 is 1.15 bits per heavy atom. The first kappa shape index (κ1) is 34.5. The maximum atomic E-state index is 12.2. The number of aliphatic hydroxyl groups is 1. The average Bonchev–Trinajstić information content (AvgIpc) is 3.37. The monoisotopic (exact) mass is 649 g/mol. The first-order chi connectivity index (χ1) is 22.7. The summed E-state index contributed by atoms with van der Waals surface area (Å²) in [7, 11) is -2.91. The lowest BCUT2D eigenvalue weighted by molar-refractivity contribution is -0.112. The second kappa shape index (κ2) is 15.8. The molecule has 1 heterocycles. The van der Waals surface area contributed by atoms with Crippen molar-refractivity contribution in [2.45, 2.75) is 70.2 Å². The van der Waals surface area contributed by atoms with E-state index >= 15 is 0 Å². The molecule has 4 atom stereocenters. The van der Waals surface area contributed by atoms with E-state index in [1.807, 2.05) is 77.7 Å². The number of carbonyl (C=O) groups excluding carboxylic acids is 1. The van der Waals surface area contributed by atoms with Crippen LogP contribution in [0.15, 0.2) is 134 Å². The number of carbonyl (C=O) groups is 1. The number of allylic oxidation sites excluding steroid dienone is 1. The van der Waals surface area contributed by atoms with Crippen LogP contribution in [-0.4, -0.2) is 61.6 Å². The van der Waals surface area contributed by atoms with Crippen LogP contribution in [0.2, 0.25) is 5.04 Å². The predicted molar refractivity (Wildman–Crippen MR) is 190 cm³/mol. The Morgan fingerprint density at radius 1 is 0.723 bits per heavy atom. The summed E-state index contributed by atoms with van der Waals surface area (Å²) >= 11 is 0. The summed E-state index contributed by atoms with van der Waals surface area (Å²) in [5.41, 5.74) is 2.07. The first-order valence-electron chi connectivity index (χ1n) is 16.4. The minimum atomic E-state index is -2.91. The largest absolute Gasteiger partial charge is 0.405 e. The highest BCUT2D eigenvalue weighted by molar-refractivity contribution is 6.99. The Bertz CT molecular complexity index is 1520. The summed E-state index contributed by atoms with van der Waals surface area (Å²) in [6.45, 7) is 9.15. The molecule has 0 aromatic heterocycles. The molecule has 1 fully saturated rings. The maximum absolute atomic E-state index is 12.2. The van der Waals surface area contributed by atoms with Crippen molar-refractivity contribution in [3.8, 4) is 0 Å². The van der Waals surface area contributed by atoms with Crippen LogP contribution in [-0.2, 0) is 31.9 Å². The van der Waals surface area contributed by atoms with Gasteiger partial charge in [-0.05, 0) is 39.5 Å². The van der Waals surface area contributed by atoms with Crippen molar-refractivity contribution in [3.05, 3.63) is 145 Å². The van der Waals surface area contributed by atoms with Crippen LogP contribution < -0.4 is 10.4 Å². The highest BCUT2D eigenvalue weighted by atomic mass is 28.4. The number of benzene rings is 4. The number of ether oxygens (including phenoxy) is 2. The van der Waals surface area contributed by atoms with Crippen LogP contribution in [0.3, 0.4) is 0 Å². The fourth-order valence-electron chi connectivity index (χ4n) is 6.73. The normalized spacial score (nSPS) is 20.1. The van der Waals surface area contributed by atoms with Crippen molar-refractivity contribution in [1.29, 1.82) is 0 Å². The lowest BCUT2D eigenvalue weighted by atomic mass is 10.1. The van der Waals surface area contributed by atoms with Crippen molar-refractivity contribution in [3.63, 3.8) is 0 Å². The zero-order valence-corrected chi connectivity index (χ0v) is 28.9. The van der Waals surface area contributed by atoms with E-state index in [-0.39, 0.29) is 23.5 Å². The molecule has 47 heavy (non-hydrogen) atoms. The van der Waals surface area contributed by atoms with Gasteiger partial charge >= 0.3 is 0 Å². The summed E-state index contributed by atoms with van der Waals surface area (Å²) in [5, 5.41) is 13.0. The zero-order chi connectivity index (χ0) is 33.3. The lowest BCUT2D eigenvalue weighted by Gasteiger charge is -2.44. The summed E-state index contributed by atoms with van der Waals surface area (Å²) in [6, 6.07) is 40.4. The van der Waals surface area contributed by atoms with Crippen molar-refractivity contribution >= 4 is 24.5 Å². The Kier molecular flexibility index (Phi) is 11.6. The van der Waals surface area contributed by atoms with E-state index in [4.69, 9.17) is 13.9 Å². The Balaban J connectivity index is 1.57. The van der Waals surface area contributed by atoms with Gasteiger partial charge in [0.1, 0.15) is 12.2 Å². The SMILES string of the molecule is CC(=O)/C=C/N1[C@H](CO)[C@@H](OCc2ccccc2)[C@H](OCc2ccccc2)[C@H]1CO[Si](c1ccccc1)(c1ccccc1)C(C)(C)C. The topological polar surface area (TPSA) is 68.2 Å². The third-order valence-corrected chi connectivity index (χ3v) is 14.0. The van der Waals surface area contributed by atoms with Crippen LogP contribution in [0, 0.1) is 0 Å². The molecule has 0 saturated carbocycles. The Labute approximate surface area is 280 Å². The van der Waals surface area contributed by atoms with Crippen LogP contribution in [0.5, 0.6) is 0 Å². The smallest absolute Gasteiger partial charge is 0.261 e. The Morgan fingerprint density at radius 3 is 1.55 bits per heavy atom. The quantitative estimate of drug-likeness (QED) is 0.136. The molecule has 5 rings (SSSR count). The van der Waals surface area contributed by atoms with E-state index in [1.54, 1.807) is 12.3 Å². The number of ketones is 1. The van der Waals surface area contributed by atoms with Gasteiger partial charge in [-0.3, -0.25) is 4.79 Å². The van der Waals surface area contributed by atoms with Gasteiger partial charge < -0.3 is 23.9 Å². The number of hydrogen-bond donors (Lipinski definition) is 1. The molecule has 0 amide bonds. The molecule has 1 N–H and O–H groups in total. The van der Waals surface area contributed by atoms with Gasteiger partial charge in [0.2, 0.25) is 0 Å². The Hall–Kier alpha value is -3.85. The number of rotatable bonds is 14. The lowest BCUT2D eigenvalue weighted by Crippen LogP contribution is -2.67. The fourth-order valence-corrected chi connectivity index (χ4v) is 11.3. The van der Waals surface area contributed by atoms with Gasteiger partial charge in [0.05, 0.1) is 38.5 Å². The van der Waals surface area contributed by atoms with Gasteiger partial charge in [-0.25, -0.2) is 0 Å². The minimum Gasteiger partial charge on any atom is -0.405 e. The van der Waals surface area contributed by atoms with Gasteiger partial charge in [-0.15, -0.1) is 0 Å². The molecule has 4 aromatic rings. The van der Waals surface area contributed by atoms with Crippen LogP contribution >= 0.6 is 0 Å². The van der Waals surface area contributed by atoms with E-state index in [0.29, 0.717) is 19.8 Å². The molecule has 0 aliphatic carbocycles. The third kappa shape index (κ3) is 8.00. The molecule has 246 valence electrons. The van der Waals surface area contributed by atoms with Crippen molar-refractivity contribution in [1.82, 2.24) is 4.90 Å². The van der Waals surface area contributed by atoms with Crippen LogP contribution in [0.4, 0.5) is 0 Å². The van der Waals surface area contributed by atoms with Gasteiger partial charge in [0, 0.05) is 6.20 Å². The third-order valence-electron chi connectivity index (χ3n) is 8.97. The van der Waals surface area contributed by atoms with Crippen molar-refractivity contribution < 1.29 is 23.8 Å². The van der Waals surface area contributed by atoms with E-state index < -0.39 is 26.6 Å². The second-order valence-electron chi connectivity index (χ2n) is 13.2. The summed E-state index contributed by atoms with van der Waals surface area (Å²) in [5.74, 6) is -0.0799. The van der Waals surface area contributed by atoms with Crippen molar-refractivity contribution in [2.75, 3.05) is 13.2 Å².